The molecule has 0 spiro atoms. The molecule has 1 N–H and O–H groups in total. The van der Waals surface area contributed by atoms with E-state index in [1.165, 1.54) is 116 Å². The molecule has 0 bridgehead atoms. The molecule has 0 rings (SSSR count). The van der Waals surface area contributed by atoms with Crippen LogP contribution in [0.5, 0.6) is 0 Å². The Morgan fingerprint density at radius 2 is 0.692 bits per heavy atom. The first-order valence-electron chi connectivity index (χ1n) is 15.3. The second-order valence-electron chi connectivity index (χ2n) is 10.3. The maximum absolute atomic E-state index is 10.3. The first-order valence-corrected chi connectivity index (χ1v) is 18.0. The van der Waals surface area contributed by atoms with Gasteiger partial charge in [0.1, 0.15) is 0 Å². The van der Waals surface area contributed by atoms with Crippen LogP contribution in [0.3, 0.4) is 0 Å². The summed E-state index contributed by atoms with van der Waals surface area (Å²) in [6.07, 6.45) is 29.2. The molecule has 0 aliphatic rings. The van der Waals surface area contributed by atoms with Gasteiger partial charge in [0.25, 0.3) is 0 Å². The molecule has 0 saturated heterocycles. The zero-order valence-electron chi connectivity index (χ0n) is 25.5. The van der Waals surface area contributed by atoms with Gasteiger partial charge < -0.3 is 4.55 Å². The maximum atomic E-state index is 10.3. The molecule has 0 fully saturated rings. The minimum atomic E-state index is -4.49. The summed E-state index contributed by atoms with van der Waals surface area (Å²) < 4.78 is 67.7. The van der Waals surface area contributed by atoms with Crippen LogP contribution in [0, 0.1) is 0 Å². The Hall–Kier alpha value is 1.38. The number of unbranched alkanes of at least 4 members (excludes halogenated alkanes) is 22. The first-order chi connectivity index (χ1) is 18.1. The Morgan fingerprint density at radius 1 is 0.462 bits per heavy atom. The molecule has 11 heteroatoms. The van der Waals surface area contributed by atoms with Crippen molar-refractivity contribution in [3.63, 3.8) is 0 Å². The number of hydrogen-bond acceptors (Lipinski definition) is 7. The molecule has 0 aromatic heterocycles. The standard InChI is InChI=1S/2C14H30O4S.K/c2*1-2-3-4-5-6-7-8-9-10-11-12-13-14-18-19(15,16)17;/h2*2-14H2,1H3,(H,15,16,17);/q;;+1/p-1. The van der Waals surface area contributed by atoms with Gasteiger partial charge in [-0.15, -0.1) is 0 Å². The third-order valence-electron chi connectivity index (χ3n) is 6.46. The van der Waals surface area contributed by atoms with Crippen molar-refractivity contribution in [2.45, 2.75) is 168 Å². The largest absolute Gasteiger partial charge is 1.00 e. The van der Waals surface area contributed by atoms with Crippen molar-refractivity contribution in [3.05, 3.63) is 0 Å². The van der Waals surface area contributed by atoms with E-state index in [9.17, 15) is 21.4 Å². The van der Waals surface area contributed by atoms with E-state index in [0.717, 1.165) is 25.7 Å². The summed E-state index contributed by atoms with van der Waals surface area (Å²) in [5.41, 5.74) is 0. The Bertz CT molecular complexity index is 615. The van der Waals surface area contributed by atoms with Crippen LogP contribution in [-0.2, 0) is 29.2 Å². The van der Waals surface area contributed by atoms with Gasteiger partial charge in [0.05, 0.1) is 13.2 Å². The minimum absolute atomic E-state index is 0. The average molecular weight is 627 g/mol. The van der Waals surface area contributed by atoms with E-state index in [2.05, 4.69) is 22.2 Å². The molecule has 0 atom stereocenters. The Labute approximate surface area is 284 Å². The summed E-state index contributed by atoms with van der Waals surface area (Å²) in [4.78, 5) is 0. The fraction of sp³-hybridized carbons (Fsp3) is 1.00. The van der Waals surface area contributed by atoms with E-state index >= 15 is 0 Å². The van der Waals surface area contributed by atoms with Gasteiger partial charge >= 0.3 is 61.8 Å². The van der Waals surface area contributed by atoms with Gasteiger partial charge in [0.15, 0.2) is 0 Å². The second-order valence-corrected chi connectivity index (χ2v) is 12.4. The van der Waals surface area contributed by atoms with Crippen LogP contribution in [-0.4, -0.2) is 39.2 Å². The maximum Gasteiger partial charge on any atom is 1.00 e. The van der Waals surface area contributed by atoms with Crippen LogP contribution in [0.4, 0.5) is 0 Å². The SMILES string of the molecule is CCCCCCCCCCCCCCOS(=O)(=O)O.CCCCCCCCCCCCCCOS(=O)(=O)[O-].[K+]. The molecule has 0 aliphatic carbocycles. The van der Waals surface area contributed by atoms with Crippen molar-refractivity contribution in [2.24, 2.45) is 0 Å². The summed E-state index contributed by atoms with van der Waals surface area (Å²) in [5, 5.41) is 0. The molecule has 0 aromatic carbocycles. The quantitative estimate of drug-likeness (QED) is 0.0509. The fourth-order valence-corrected chi connectivity index (χ4v) is 4.86. The zero-order valence-corrected chi connectivity index (χ0v) is 30.3. The van der Waals surface area contributed by atoms with Gasteiger partial charge in [-0.25, -0.2) is 12.6 Å². The minimum Gasteiger partial charge on any atom is -0.726 e. The van der Waals surface area contributed by atoms with E-state index in [1.807, 2.05) is 0 Å². The molecular formula is C28H59KO8S2. The molecule has 0 radical (unpaired) electrons. The molecule has 8 nitrogen and oxygen atoms in total. The zero-order chi connectivity index (χ0) is 28.8. The Morgan fingerprint density at radius 3 is 0.923 bits per heavy atom. The van der Waals surface area contributed by atoms with Gasteiger partial charge in [-0.3, -0.25) is 8.74 Å². The van der Waals surface area contributed by atoms with Crippen LogP contribution < -0.4 is 51.4 Å². The average Bonchev–Trinajstić information content (AvgIpc) is 2.84. The molecule has 0 aromatic rings. The molecule has 0 aliphatic heterocycles. The number of hydrogen-bond donors (Lipinski definition) is 1. The van der Waals surface area contributed by atoms with Crippen molar-refractivity contribution < 1.29 is 85.7 Å². The molecule has 0 unspecified atom stereocenters. The molecule has 0 amide bonds. The molecular weight excluding hydrogens is 568 g/mol. The topological polar surface area (TPSA) is 130 Å². The fourth-order valence-electron chi connectivity index (χ4n) is 4.21. The summed E-state index contributed by atoms with van der Waals surface area (Å²) in [5.74, 6) is 0. The van der Waals surface area contributed by atoms with E-state index < -0.39 is 20.8 Å². The second kappa shape index (κ2) is 33.9. The van der Waals surface area contributed by atoms with Crippen LogP contribution in [0.2, 0.25) is 0 Å². The van der Waals surface area contributed by atoms with E-state index in [1.54, 1.807) is 0 Å². The van der Waals surface area contributed by atoms with Crippen LogP contribution in [0.1, 0.15) is 168 Å². The van der Waals surface area contributed by atoms with Crippen LogP contribution >= 0.6 is 0 Å². The first kappa shape index (κ1) is 44.8. The van der Waals surface area contributed by atoms with Gasteiger partial charge in [-0.1, -0.05) is 155 Å². The van der Waals surface area contributed by atoms with Crippen molar-refractivity contribution in [3.8, 4) is 0 Å². The Kier molecular flexibility index (Phi) is 38.9. The molecule has 232 valence electrons. The van der Waals surface area contributed by atoms with Gasteiger partial charge in [0, 0.05) is 0 Å². The summed E-state index contributed by atoms with van der Waals surface area (Å²) in [6, 6.07) is 0. The smallest absolute Gasteiger partial charge is 0.726 e. The molecule has 0 saturated carbocycles. The monoisotopic (exact) mass is 626 g/mol. The van der Waals surface area contributed by atoms with Gasteiger partial charge in [0.2, 0.25) is 10.4 Å². The number of rotatable bonds is 28. The predicted octanol–water partition coefficient (Wildman–Crippen LogP) is 5.68. The normalized spacial score (nSPS) is 11.6. The van der Waals surface area contributed by atoms with Crippen molar-refractivity contribution >= 4 is 20.8 Å². The third kappa shape index (κ3) is 49.4. The van der Waals surface area contributed by atoms with Gasteiger partial charge in [-0.05, 0) is 12.8 Å². The third-order valence-corrected chi connectivity index (χ3v) is 7.38. The summed E-state index contributed by atoms with van der Waals surface area (Å²) in [6.45, 7) is 4.60. The molecule has 0 heterocycles. The van der Waals surface area contributed by atoms with Crippen molar-refractivity contribution in [1.29, 1.82) is 0 Å². The summed E-state index contributed by atoms with van der Waals surface area (Å²) in [7, 11) is -8.73. The predicted molar refractivity (Wildman–Crippen MR) is 155 cm³/mol. The van der Waals surface area contributed by atoms with E-state index in [4.69, 9.17) is 4.55 Å². The van der Waals surface area contributed by atoms with Gasteiger partial charge in [-0.2, -0.15) is 8.42 Å². The summed E-state index contributed by atoms with van der Waals surface area (Å²) >= 11 is 0. The van der Waals surface area contributed by atoms with E-state index in [-0.39, 0.29) is 64.6 Å². The van der Waals surface area contributed by atoms with Crippen LogP contribution in [0.25, 0.3) is 0 Å². The van der Waals surface area contributed by atoms with Crippen LogP contribution in [0.15, 0.2) is 0 Å². The van der Waals surface area contributed by atoms with Crippen molar-refractivity contribution in [1.82, 2.24) is 0 Å². The molecule has 39 heavy (non-hydrogen) atoms. The Balaban J connectivity index is -0.000000648. The van der Waals surface area contributed by atoms with Crippen molar-refractivity contribution in [2.75, 3.05) is 13.2 Å². The van der Waals surface area contributed by atoms with E-state index in [0.29, 0.717) is 12.8 Å².